The Labute approximate surface area is 114 Å². The highest BCUT2D eigenvalue weighted by atomic mass is 35.5. The number of nitrogens with two attached hydrogens (primary N) is 1. The average molecular weight is 280 g/mol. The fraction of sp³-hybridized carbons (Fsp3) is 0.500. The van der Waals surface area contributed by atoms with Crippen molar-refractivity contribution in [3.05, 3.63) is 34.9 Å². The molecule has 0 aliphatic rings. The normalized spacial score (nSPS) is 12.3. The van der Waals surface area contributed by atoms with Crippen LogP contribution in [0.3, 0.4) is 0 Å². The van der Waals surface area contributed by atoms with Crippen molar-refractivity contribution in [2.24, 2.45) is 11.7 Å². The van der Waals surface area contributed by atoms with Gasteiger partial charge in [0.15, 0.2) is 0 Å². The molecule has 2 N–H and O–H groups in total. The molecule has 0 aliphatic carbocycles. The van der Waals surface area contributed by atoms with Crippen LogP contribution >= 0.6 is 35.8 Å². The molecular weight excluding hydrogens is 261 g/mol. The lowest BCUT2D eigenvalue weighted by Gasteiger charge is -2.16. The van der Waals surface area contributed by atoms with Gasteiger partial charge < -0.3 is 5.73 Å². The number of halogens is 2. The molecule has 4 heteroatoms. The van der Waals surface area contributed by atoms with Gasteiger partial charge in [0, 0.05) is 16.8 Å². The van der Waals surface area contributed by atoms with Gasteiger partial charge in [0.25, 0.3) is 0 Å². The van der Waals surface area contributed by atoms with Gasteiger partial charge in [-0.05, 0) is 29.4 Å². The minimum atomic E-state index is 0. The molecule has 0 saturated carbocycles. The quantitative estimate of drug-likeness (QED) is 0.876. The maximum Gasteiger partial charge on any atom is 0.0420 e. The van der Waals surface area contributed by atoms with E-state index in [-0.39, 0.29) is 12.4 Å². The van der Waals surface area contributed by atoms with Crippen molar-refractivity contribution in [3.8, 4) is 0 Å². The summed E-state index contributed by atoms with van der Waals surface area (Å²) in [5, 5.41) is 1.15. The molecule has 0 heterocycles. The molecule has 1 rings (SSSR count). The fourth-order valence-corrected chi connectivity index (χ4v) is 2.61. The third kappa shape index (κ3) is 5.44. The molecule has 0 spiro atoms. The van der Waals surface area contributed by atoms with Gasteiger partial charge in [-0.1, -0.05) is 37.6 Å². The van der Waals surface area contributed by atoms with Crippen LogP contribution in [0.4, 0.5) is 0 Å². The molecule has 0 amide bonds. The summed E-state index contributed by atoms with van der Waals surface area (Å²) in [7, 11) is 0. The lowest BCUT2D eigenvalue weighted by Crippen LogP contribution is -2.10. The Bertz CT molecular complexity index is 305. The summed E-state index contributed by atoms with van der Waals surface area (Å²) in [5.41, 5.74) is 7.01. The average Bonchev–Trinajstić information content (AvgIpc) is 2.18. The van der Waals surface area contributed by atoms with Crippen LogP contribution in [-0.4, -0.2) is 12.3 Å². The van der Waals surface area contributed by atoms with Crippen molar-refractivity contribution < 1.29 is 0 Å². The van der Waals surface area contributed by atoms with Crippen LogP contribution in [0.2, 0.25) is 5.02 Å². The van der Waals surface area contributed by atoms with Crippen LogP contribution in [0.1, 0.15) is 24.7 Å². The van der Waals surface area contributed by atoms with Gasteiger partial charge in [-0.15, -0.1) is 12.4 Å². The zero-order valence-corrected chi connectivity index (χ0v) is 12.0. The second-order valence-corrected chi connectivity index (χ2v) is 5.68. The van der Waals surface area contributed by atoms with E-state index in [1.54, 1.807) is 0 Å². The number of hydrogen-bond acceptors (Lipinski definition) is 2. The highest BCUT2D eigenvalue weighted by Gasteiger charge is 2.10. The Morgan fingerprint density at radius 2 is 2.06 bits per heavy atom. The molecule has 1 atom stereocenters. The molecule has 0 bridgehead atoms. The topological polar surface area (TPSA) is 26.0 Å². The largest absolute Gasteiger partial charge is 0.329 e. The summed E-state index contributed by atoms with van der Waals surface area (Å²) in [5.74, 6) is 1.83. The van der Waals surface area contributed by atoms with E-state index in [9.17, 15) is 0 Å². The maximum absolute atomic E-state index is 5.96. The molecule has 0 aromatic heterocycles. The summed E-state index contributed by atoms with van der Waals surface area (Å²) < 4.78 is 0. The number of benzene rings is 1. The van der Waals surface area contributed by atoms with Crippen LogP contribution < -0.4 is 5.73 Å². The Morgan fingerprint density at radius 3 is 2.56 bits per heavy atom. The lowest BCUT2D eigenvalue weighted by molar-refractivity contribution is 0.746. The van der Waals surface area contributed by atoms with Gasteiger partial charge in [-0.2, -0.15) is 11.8 Å². The molecule has 0 radical (unpaired) electrons. The lowest BCUT2D eigenvalue weighted by atomic mass is 10.1. The SMILES string of the molecule is CC(C)CSC(CN)c1cccc(Cl)c1.Cl. The van der Waals surface area contributed by atoms with Crippen LogP contribution in [0.25, 0.3) is 0 Å². The minimum absolute atomic E-state index is 0. The first-order valence-corrected chi connectivity index (χ1v) is 6.63. The predicted molar refractivity (Wildman–Crippen MR) is 77.8 cm³/mol. The second kappa shape index (κ2) is 8.24. The van der Waals surface area contributed by atoms with E-state index in [0.29, 0.717) is 17.7 Å². The van der Waals surface area contributed by atoms with E-state index < -0.39 is 0 Å². The van der Waals surface area contributed by atoms with Gasteiger partial charge >= 0.3 is 0 Å². The highest BCUT2D eigenvalue weighted by Crippen LogP contribution is 2.30. The van der Waals surface area contributed by atoms with E-state index in [1.165, 1.54) is 5.56 Å². The zero-order chi connectivity index (χ0) is 11.3. The number of rotatable bonds is 5. The second-order valence-electron chi connectivity index (χ2n) is 4.01. The molecule has 1 nitrogen and oxygen atoms in total. The standard InChI is InChI=1S/C12H18ClNS.ClH/c1-9(2)8-15-12(7-14)10-4-3-5-11(13)6-10;/h3-6,9,12H,7-8,14H2,1-2H3;1H. The molecule has 0 aliphatic heterocycles. The summed E-state index contributed by atoms with van der Waals surface area (Å²) in [6, 6.07) is 7.98. The molecule has 0 saturated heterocycles. The molecule has 1 aromatic rings. The van der Waals surface area contributed by atoms with Crippen molar-refractivity contribution >= 4 is 35.8 Å². The third-order valence-corrected chi connectivity index (χ3v) is 4.03. The first kappa shape index (κ1) is 16.1. The summed E-state index contributed by atoms with van der Waals surface area (Å²) >= 11 is 7.87. The van der Waals surface area contributed by atoms with Gasteiger partial charge in [-0.25, -0.2) is 0 Å². The van der Waals surface area contributed by atoms with Crippen molar-refractivity contribution in [2.75, 3.05) is 12.3 Å². The molecular formula is C12H19Cl2NS. The summed E-state index contributed by atoms with van der Waals surface area (Å²) in [6.45, 7) is 5.11. The summed E-state index contributed by atoms with van der Waals surface area (Å²) in [4.78, 5) is 0. The van der Waals surface area contributed by atoms with Crippen LogP contribution in [0.5, 0.6) is 0 Å². The van der Waals surface area contributed by atoms with Crippen LogP contribution in [-0.2, 0) is 0 Å². The van der Waals surface area contributed by atoms with E-state index in [4.69, 9.17) is 17.3 Å². The van der Waals surface area contributed by atoms with Crippen molar-refractivity contribution in [2.45, 2.75) is 19.1 Å². The Hall–Kier alpha value is 0.110. The maximum atomic E-state index is 5.96. The van der Waals surface area contributed by atoms with E-state index in [1.807, 2.05) is 30.0 Å². The van der Waals surface area contributed by atoms with Crippen molar-refractivity contribution in [1.29, 1.82) is 0 Å². The number of thioether (sulfide) groups is 1. The fourth-order valence-electron chi connectivity index (χ4n) is 1.32. The van der Waals surface area contributed by atoms with Crippen LogP contribution in [0.15, 0.2) is 24.3 Å². The first-order valence-electron chi connectivity index (χ1n) is 5.20. The molecule has 0 fully saturated rings. The molecule has 1 unspecified atom stereocenters. The first-order chi connectivity index (χ1) is 7.13. The Balaban J connectivity index is 0.00000225. The zero-order valence-electron chi connectivity index (χ0n) is 9.65. The van der Waals surface area contributed by atoms with E-state index in [2.05, 4.69) is 19.9 Å². The van der Waals surface area contributed by atoms with Gasteiger partial charge in [0.2, 0.25) is 0 Å². The monoisotopic (exact) mass is 279 g/mol. The Morgan fingerprint density at radius 1 is 1.38 bits per heavy atom. The molecule has 1 aromatic carbocycles. The highest BCUT2D eigenvalue weighted by molar-refractivity contribution is 7.99. The van der Waals surface area contributed by atoms with Crippen LogP contribution in [0, 0.1) is 5.92 Å². The predicted octanol–water partition coefficient (Wildman–Crippen LogP) is 4.15. The minimum Gasteiger partial charge on any atom is -0.329 e. The van der Waals surface area contributed by atoms with Crippen molar-refractivity contribution in [1.82, 2.24) is 0 Å². The Kier molecular flexibility index (Phi) is 8.29. The molecule has 92 valence electrons. The molecule has 16 heavy (non-hydrogen) atoms. The van der Waals surface area contributed by atoms with E-state index in [0.717, 1.165) is 10.8 Å². The van der Waals surface area contributed by atoms with Crippen molar-refractivity contribution in [3.63, 3.8) is 0 Å². The third-order valence-electron chi connectivity index (χ3n) is 2.07. The summed E-state index contributed by atoms with van der Waals surface area (Å²) in [6.07, 6.45) is 0. The van der Waals surface area contributed by atoms with Gasteiger partial charge in [0.1, 0.15) is 0 Å². The smallest absolute Gasteiger partial charge is 0.0420 e. The van der Waals surface area contributed by atoms with E-state index >= 15 is 0 Å². The number of hydrogen-bond donors (Lipinski definition) is 1. The van der Waals surface area contributed by atoms with Gasteiger partial charge in [0.05, 0.1) is 0 Å². The van der Waals surface area contributed by atoms with Gasteiger partial charge in [-0.3, -0.25) is 0 Å².